The Morgan fingerprint density at radius 2 is 2.00 bits per heavy atom. The molecule has 0 radical (unpaired) electrons. The number of carbonyl (C=O) groups excluding carboxylic acids is 1. The lowest BCUT2D eigenvalue weighted by molar-refractivity contribution is -0.121. The molecule has 3 N–H and O–H groups in total. The number of hydrogen-bond donors (Lipinski definition) is 3. The summed E-state index contributed by atoms with van der Waals surface area (Å²) in [5, 5.41) is 7.39. The smallest absolute Gasteiger partial charge is 0.224 e. The van der Waals surface area contributed by atoms with Gasteiger partial charge >= 0.3 is 0 Å². The molecule has 0 aliphatic heterocycles. The van der Waals surface area contributed by atoms with Gasteiger partial charge in [0.15, 0.2) is 0 Å². The van der Waals surface area contributed by atoms with E-state index >= 15 is 0 Å². The van der Waals surface area contributed by atoms with Gasteiger partial charge in [-0.25, -0.2) is 14.4 Å². The van der Waals surface area contributed by atoms with Crippen molar-refractivity contribution in [2.75, 3.05) is 12.4 Å². The second-order valence-electron chi connectivity index (χ2n) is 8.55. The van der Waals surface area contributed by atoms with Gasteiger partial charge < -0.3 is 15.6 Å². The van der Waals surface area contributed by atoms with Crippen molar-refractivity contribution < 1.29 is 9.18 Å². The highest BCUT2D eigenvalue weighted by Crippen LogP contribution is 2.39. The number of rotatable bonds is 8. The Morgan fingerprint density at radius 1 is 1.15 bits per heavy atom. The number of aromatic nitrogens is 3. The minimum atomic E-state index is -0.349. The Labute approximate surface area is 191 Å². The number of amides is 1. The third kappa shape index (κ3) is 4.87. The Balaban J connectivity index is 1.46. The highest BCUT2D eigenvalue weighted by atomic mass is 19.1. The first-order valence-corrected chi connectivity index (χ1v) is 11.2. The van der Waals surface area contributed by atoms with Gasteiger partial charge in [-0.1, -0.05) is 30.3 Å². The van der Waals surface area contributed by atoms with Crippen molar-refractivity contribution in [3.8, 4) is 0 Å². The predicted octanol–water partition coefficient (Wildman–Crippen LogP) is 4.66. The number of aromatic amines is 1. The third-order valence-electron chi connectivity index (χ3n) is 6.01. The van der Waals surface area contributed by atoms with E-state index in [0.717, 1.165) is 46.6 Å². The summed E-state index contributed by atoms with van der Waals surface area (Å²) in [5.74, 6) is 1.42. The lowest BCUT2D eigenvalue weighted by Crippen LogP contribution is -2.32. The average molecular weight is 444 g/mol. The van der Waals surface area contributed by atoms with E-state index in [2.05, 4.69) is 26.7 Å². The van der Waals surface area contributed by atoms with Gasteiger partial charge in [-0.15, -0.1) is 0 Å². The molecular weight excluding hydrogens is 417 g/mol. The number of para-hydroxylation sites is 1. The van der Waals surface area contributed by atoms with Crippen LogP contribution < -0.4 is 10.6 Å². The molecule has 1 aliphatic carbocycles. The number of hydrogen-bond acceptors (Lipinski definition) is 4. The van der Waals surface area contributed by atoms with Crippen molar-refractivity contribution in [1.82, 2.24) is 20.3 Å². The number of anilines is 1. The van der Waals surface area contributed by atoms with Crippen molar-refractivity contribution in [2.24, 2.45) is 0 Å². The molecule has 33 heavy (non-hydrogen) atoms. The number of halogens is 1. The predicted molar refractivity (Wildman–Crippen MR) is 127 cm³/mol. The van der Waals surface area contributed by atoms with Gasteiger partial charge in [0.25, 0.3) is 0 Å². The molecule has 1 fully saturated rings. The summed E-state index contributed by atoms with van der Waals surface area (Å²) in [4.78, 5) is 25.8. The minimum absolute atomic E-state index is 0.0988. The van der Waals surface area contributed by atoms with E-state index in [1.807, 2.05) is 37.5 Å². The van der Waals surface area contributed by atoms with Crippen LogP contribution in [0.1, 0.15) is 47.4 Å². The Hall–Kier alpha value is -3.74. The Bertz CT molecular complexity index is 1300. The lowest BCUT2D eigenvalue weighted by Gasteiger charge is -2.20. The van der Waals surface area contributed by atoms with Crippen molar-refractivity contribution in [1.29, 1.82) is 0 Å². The van der Waals surface area contributed by atoms with Crippen LogP contribution in [0.3, 0.4) is 0 Å². The molecule has 0 bridgehead atoms. The standard InChI is InChI=1S/C26H26FN5O/c1-28-24-14-23(31-26(32-24)17-9-10-17)22(13-18-15-29-21-8-3-2-7-20(18)21)30-25(33)12-16-5-4-6-19(27)11-16/h2-8,11,14-15,17,22,29H,9-10,12-13H2,1H3,(H,30,33)(H,28,31,32). The number of benzene rings is 2. The lowest BCUT2D eigenvalue weighted by atomic mass is 10.0. The molecule has 168 valence electrons. The summed E-state index contributed by atoms with van der Waals surface area (Å²) in [7, 11) is 1.83. The maximum Gasteiger partial charge on any atom is 0.224 e. The zero-order valence-electron chi connectivity index (χ0n) is 18.4. The molecule has 1 aliphatic rings. The number of fused-ring (bicyclic) bond motifs is 1. The molecule has 1 unspecified atom stereocenters. The maximum atomic E-state index is 13.6. The van der Waals surface area contributed by atoms with E-state index in [1.54, 1.807) is 12.1 Å². The van der Waals surface area contributed by atoms with E-state index in [1.165, 1.54) is 12.1 Å². The van der Waals surface area contributed by atoms with E-state index in [-0.39, 0.29) is 24.2 Å². The van der Waals surface area contributed by atoms with Crippen LogP contribution in [-0.4, -0.2) is 27.9 Å². The number of H-pyrrole nitrogens is 1. The summed E-state index contributed by atoms with van der Waals surface area (Å²) >= 11 is 0. The third-order valence-corrected chi connectivity index (χ3v) is 6.01. The van der Waals surface area contributed by atoms with Crippen LogP contribution in [0, 0.1) is 5.82 Å². The van der Waals surface area contributed by atoms with Crippen LogP contribution in [0.4, 0.5) is 10.2 Å². The first-order chi connectivity index (χ1) is 16.1. The molecule has 6 nitrogen and oxygen atoms in total. The zero-order chi connectivity index (χ0) is 22.8. The van der Waals surface area contributed by atoms with Gasteiger partial charge in [-0.2, -0.15) is 0 Å². The Morgan fingerprint density at radius 3 is 2.79 bits per heavy atom. The average Bonchev–Trinajstić information content (AvgIpc) is 3.60. The SMILES string of the molecule is CNc1cc(C(Cc2c[nH]c3ccccc23)NC(=O)Cc2cccc(F)c2)nc(C2CC2)n1. The fourth-order valence-corrected chi connectivity index (χ4v) is 4.14. The summed E-state index contributed by atoms with van der Waals surface area (Å²) in [6, 6.07) is 15.8. The number of carbonyl (C=O) groups is 1. The summed E-state index contributed by atoms with van der Waals surface area (Å²) < 4.78 is 13.6. The van der Waals surface area contributed by atoms with Crippen LogP contribution >= 0.6 is 0 Å². The van der Waals surface area contributed by atoms with Gasteiger partial charge in [-0.3, -0.25) is 4.79 Å². The molecule has 2 aromatic carbocycles. The van der Waals surface area contributed by atoms with Gasteiger partial charge in [0.2, 0.25) is 5.91 Å². The van der Waals surface area contributed by atoms with E-state index in [0.29, 0.717) is 17.9 Å². The van der Waals surface area contributed by atoms with Gasteiger partial charge in [0, 0.05) is 42.6 Å². The van der Waals surface area contributed by atoms with Crippen LogP contribution in [0.25, 0.3) is 10.9 Å². The van der Waals surface area contributed by atoms with Crippen molar-refractivity contribution in [3.63, 3.8) is 0 Å². The molecule has 7 heteroatoms. The summed E-state index contributed by atoms with van der Waals surface area (Å²) in [6.07, 6.45) is 4.83. The molecule has 1 atom stereocenters. The maximum absolute atomic E-state index is 13.6. The number of nitrogens with zero attached hydrogens (tertiary/aromatic N) is 2. The largest absolute Gasteiger partial charge is 0.373 e. The Kier molecular flexibility index (Phi) is 5.77. The van der Waals surface area contributed by atoms with E-state index < -0.39 is 0 Å². The van der Waals surface area contributed by atoms with E-state index in [9.17, 15) is 9.18 Å². The molecule has 1 amide bonds. The van der Waals surface area contributed by atoms with Crippen molar-refractivity contribution in [3.05, 3.63) is 89.3 Å². The molecule has 0 saturated heterocycles. The second-order valence-corrected chi connectivity index (χ2v) is 8.55. The highest BCUT2D eigenvalue weighted by molar-refractivity contribution is 5.83. The monoisotopic (exact) mass is 443 g/mol. The van der Waals surface area contributed by atoms with Crippen LogP contribution in [0.15, 0.2) is 60.8 Å². The zero-order valence-corrected chi connectivity index (χ0v) is 18.4. The first kappa shape index (κ1) is 21.1. The second kappa shape index (κ2) is 9.02. The molecule has 5 rings (SSSR count). The minimum Gasteiger partial charge on any atom is -0.373 e. The highest BCUT2D eigenvalue weighted by Gasteiger charge is 2.29. The van der Waals surface area contributed by atoms with Crippen molar-refractivity contribution >= 4 is 22.6 Å². The molecule has 1 saturated carbocycles. The fourth-order valence-electron chi connectivity index (χ4n) is 4.14. The van der Waals surface area contributed by atoms with Gasteiger partial charge in [0.05, 0.1) is 18.2 Å². The van der Waals surface area contributed by atoms with Crippen LogP contribution in [-0.2, 0) is 17.6 Å². The molecule has 2 heterocycles. The molecule has 0 spiro atoms. The van der Waals surface area contributed by atoms with Gasteiger partial charge in [0.1, 0.15) is 17.5 Å². The first-order valence-electron chi connectivity index (χ1n) is 11.2. The number of nitrogens with one attached hydrogen (secondary N) is 3. The van der Waals surface area contributed by atoms with E-state index in [4.69, 9.17) is 4.98 Å². The fraction of sp³-hybridized carbons (Fsp3) is 0.269. The van der Waals surface area contributed by atoms with Gasteiger partial charge in [-0.05, 0) is 42.2 Å². The van der Waals surface area contributed by atoms with Crippen LogP contribution in [0.5, 0.6) is 0 Å². The molecular formula is C26H26FN5O. The quantitative estimate of drug-likeness (QED) is 0.370. The summed E-state index contributed by atoms with van der Waals surface area (Å²) in [6.45, 7) is 0. The topological polar surface area (TPSA) is 82.7 Å². The summed E-state index contributed by atoms with van der Waals surface area (Å²) in [5.41, 5.74) is 3.55. The normalized spacial score (nSPS) is 14.2. The molecule has 2 aromatic heterocycles. The molecule has 4 aromatic rings. The van der Waals surface area contributed by atoms with Crippen molar-refractivity contribution in [2.45, 2.75) is 37.6 Å². The van der Waals surface area contributed by atoms with Crippen LogP contribution in [0.2, 0.25) is 0 Å².